The SMILES string of the molecule is CC(C)c1cn[nH]c1CN. The Kier molecular flexibility index (Phi) is 2.06. The molecule has 1 rings (SSSR count). The van der Waals surface area contributed by atoms with E-state index in [4.69, 9.17) is 5.73 Å². The maximum atomic E-state index is 5.46. The number of nitrogens with zero attached hydrogens (tertiary/aromatic N) is 1. The summed E-state index contributed by atoms with van der Waals surface area (Å²) in [6, 6.07) is 0. The first-order valence-electron chi connectivity index (χ1n) is 3.48. The summed E-state index contributed by atoms with van der Waals surface area (Å²) in [6.45, 7) is 4.81. The van der Waals surface area contributed by atoms with Crippen LogP contribution in [0.1, 0.15) is 31.0 Å². The van der Waals surface area contributed by atoms with E-state index in [-0.39, 0.29) is 0 Å². The van der Waals surface area contributed by atoms with Gasteiger partial charge in [-0.3, -0.25) is 5.10 Å². The second-order valence-corrected chi connectivity index (χ2v) is 2.66. The number of hydrogen-bond donors (Lipinski definition) is 2. The highest BCUT2D eigenvalue weighted by Gasteiger charge is 2.05. The fourth-order valence-corrected chi connectivity index (χ4v) is 0.983. The van der Waals surface area contributed by atoms with Crippen molar-refractivity contribution in [3.63, 3.8) is 0 Å². The Labute approximate surface area is 60.6 Å². The van der Waals surface area contributed by atoms with Crippen molar-refractivity contribution in [1.82, 2.24) is 10.2 Å². The van der Waals surface area contributed by atoms with E-state index in [0.29, 0.717) is 12.5 Å². The monoisotopic (exact) mass is 139 g/mol. The van der Waals surface area contributed by atoms with Crippen LogP contribution in [-0.4, -0.2) is 10.2 Å². The average molecular weight is 139 g/mol. The number of nitrogens with two attached hydrogens (primary N) is 1. The molecule has 0 aliphatic carbocycles. The number of aromatic amines is 1. The summed E-state index contributed by atoms with van der Waals surface area (Å²) in [7, 11) is 0. The fourth-order valence-electron chi connectivity index (χ4n) is 0.983. The highest BCUT2D eigenvalue weighted by molar-refractivity contribution is 5.19. The third kappa shape index (κ3) is 1.19. The van der Waals surface area contributed by atoms with Gasteiger partial charge in [0.15, 0.2) is 0 Å². The number of H-pyrrole nitrogens is 1. The molecule has 1 heterocycles. The van der Waals surface area contributed by atoms with E-state index in [0.717, 1.165) is 5.69 Å². The van der Waals surface area contributed by atoms with Gasteiger partial charge >= 0.3 is 0 Å². The Morgan fingerprint density at radius 2 is 2.40 bits per heavy atom. The largest absolute Gasteiger partial charge is 0.325 e. The van der Waals surface area contributed by atoms with Crippen molar-refractivity contribution in [2.75, 3.05) is 0 Å². The minimum atomic E-state index is 0.511. The van der Waals surface area contributed by atoms with Gasteiger partial charge in [-0.15, -0.1) is 0 Å². The second-order valence-electron chi connectivity index (χ2n) is 2.66. The van der Waals surface area contributed by atoms with Gasteiger partial charge in [0.05, 0.1) is 11.9 Å². The van der Waals surface area contributed by atoms with Crippen LogP contribution in [0.2, 0.25) is 0 Å². The van der Waals surface area contributed by atoms with Gasteiger partial charge in [-0.1, -0.05) is 13.8 Å². The predicted octanol–water partition coefficient (Wildman–Crippen LogP) is 0.992. The van der Waals surface area contributed by atoms with E-state index in [1.165, 1.54) is 5.56 Å². The maximum Gasteiger partial charge on any atom is 0.0525 e. The fraction of sp³-hybridized carbons (Fsp3) is 0.571. The second kappa shape index (κ2) is 2.84. The summed E-state index contributed by atoms with van der Waals surface area (Å²) in [4.78, 5) is 0. The lowest BCUT2D eigenvalue weighted by atomic mass is 10.0. The first-order valence-corrected chi connectivity index (χ1v) is 3.48. The summed E-state index contributed by atoms with van der Waals surface area (Å²) < 4.78 is 0. The van der Waals surface area contributed by atoms with Crippen LogP contribution >= 0.6 is 0 Å². The van der Waals surface area contributed by atoms with Gasteiger partial charge in [-0.05, 0) is 11.5 Å². The highest BCUT2D eigenvalue weighted by Crippen LogP contribution is 2.15. The minimum Gasteiger partial charge on any atom is -0.325 e. The van der Waals surface area contributed by atoms with Gasteiger partial charge < -0.3 is 5.73 Å². The van der Waals surface area contributed by atoms with E-state index < -0.39 is 0 Å². The van der Waals surface area contributed by atoms with E-state index in [9.17, 15) is 0 Å². The molecule has 0 fully saturated rings. The molecular formula is C7H13N3. The standard InChI is InChI=1S/C7H13N3/c1-5(2)6-4-9-10-7(6)3-8/h4-5H,3,8H2,1-2H3,(H,9,10). The molecule has 3 heteroatoms. The Balaban J connectivity index is 2.90. The molecule has 0 radical (unpaired) electrons. The van der Waals surface area contributed by atoms with E-state index in [1.807, 2.05) is 6.20 Å². The molecule has 0 saturated heterocycles. The summed E-state index contributed by atoms with van der Waals surface area (Å²) >= 11 is 0. The first kappa shape index (κ1) is 7.28. The molecule has 1 aromatic rings. The van der Waals surface area contributed by atoms with Crippen molar-refractivity contribution in [3.05, 3.63) is 17.5 Å². The zero-order chi connectivity index (χ0) is 7.56. The lowest BCUT2D eigenvalue weighted by Crippen LogP contribution is -2.01. The Morgan fingerprint density at radius 3 is 2.80 bits per heavy atom. The van der Waals surface area contributed by atoms with Crippen molar-refractivity contribution in [2.45, 2.75) is 26.3 Å². The normalized spacial score (nSPS) is 10.8. The lowest BCUT2D eigenvalue weighted by Gasteiger charge is -2.02. The molecular weight excluding hydrogens is 126 g/mol. The van der Waals surface area contributed by atoms with E-state index in [2.05, 4.69) is 24.0 Å². The molecule has 0 amide bonds. The molecule has 0 spiro atoms. The Bertz CT molecular complexity index is 202. The van der Waals surface area contributed by atoms with Crippen LogP contribution in [-0.2, 0) is 6.54 Å². The van der Waals surface area contributed by atoms with Crippen molar-refractivity contribution in [2.24, 2.45) is 5.73 Å². The number of rotatable bonds is 2. The molecule has 1 aromatic heterocycles. The van der Waals surface area contributed by atoms with Crippen molar-refractivity contribution < 1.29 is 0 Å². The van der Waals surface area contributed by atoms with Crippen LogP contribution in [0.25, 0.3) is 0 Å². The van der Waals surface area contributed by atoms with Crippen LogP contribution in [0.4, 0.5) is 0 Å². The summed E-state index contributed by atoms with van der Waals surface area (Å²) in [5.74, 6) is 0.511. The first-order chi connectivity index (χ1) is 4.75. The molecule has 0 atom stereocenters. The predicted molar refractivity (Wildman–Crippen MR) is 40.6 cm³/mol. The van der Waals surface area contributed by atoms with Crippen LogP contribution < -0.4 is 5.73 Å². The molecule has 0 unspecified atom stereocenters. The highest BCUT2D eigenvalue weighted by atomic mass is 15.1. The van der Waals surface area contributed by atoms with Crippen molar-refractivity contribution >= 4 is 0 Å². The molecule has 3 nitrogen and oxygen atoms in total. The zero-order valence-electron chi connectivity index (χ0n) is 6.39. The summed E-state index contributed by atoms with van der Waals surface area (Å²) in [5, 5.41) is 6.77. The van der Waals surface area contributed by atoms with Gasteiger partial charge in [-0.25, -0.2) is 0 Å². The van der Waals surface area contributed by atoms with Gasteiger partial charge in [0.2, 0.25) is 0 Å². The third-order valence-electron chi connectivity index (χ3n) is 1.58. The minimum absolute atomic E-state index is 0.511. The van der Waals surface area contributed by atoms with E-state index in [1.54, 1.807) is 0 Å². The number of aromatic nitrogens is 2. The van der Waals surface area contributed by atoms with Crippen LogP contribution in [0.15, 0.2) is 6.20 Å². The molecule has 0 aromatic carbocycles. The van der Waals surface area contributed by atoms with Crippen molar-refractivity contribution in [3.8, 4) is 0 Å². The molecule has 56 valence electrons. The Hall–Kier alpha value is -0.830. The third-order valence-corrected chi connectivity index (χ3v) is 1.58. The zero-order valence-corrected chi connectivity index (χ0v) is 6.39. The summed E-state index contributed by atoms with van der Waals surface area (Å²) in [6.07, 6.45) is 1.84. The topological polar surface area (TPSA) is 54.7 Å². The number of nitrogens with one attached hydrogen (secondary N) is 1. The number of hydrogen-bond acceptors (Lipinski definition) is 2. The molecule has 0 aliphatic rings. The van der Waals surface area contributed by atoms with Crippen LogP contribution in [0.3, 0.4) is 0 Å². The smallest absolute Gasteiger partial charge is 0.0525 e. The van der Waals surface area contributed by atoms with Gasteiger partial charge in [-0.2, -0.15) is 5.10 Å². The summed E-state index contributed by atoms with van der Waals surface area (Å²) in [5.41, 5.74) is 7.74. The quantitative estimate of drug-likeness (QED) is 0.642. The van der Waals surface area contributed by atoms with Crippen LogP contribution in [0, 0.1) is 0 Å². The molecule has 0 aliphatic heterocycles. The Morgan fingerprint density at radius 1 is 1.70 bits per heavy atom. The van der Waals surface area contributed by atoms with E-state index >= 15 is 0 Å². The molecule has 0 bridgehead atoms. The van der Waals surface area contributed by atoms with Crippen LogP contribution in [0.5, 0.6) is 0 Å². The van der Waals surface area contributed by atoms with Crippen molar-refractivity contribution in [1.29, 1.82) is 0 Å². The lowest BCUT2D eigenvalue weighted by molar-refractivity contribution is 0.834. The maximum absolute atomic E-state index is 5.46. The van der Waals surface area contributed by atoms with Gasteiger partial charge in [0.25, 0.3) is 0 Å². The average Bonchev–Trinajstić information content (AvgIpc) is 2.33. The van der Waals surface area contributed by atoms with Gasteiger partial charge in [0.1, 0.15) is 0 Å². The molecule has 0 saturated carbocycles. The molecule has 3 N–H and O–H groups in total. The molecule has 10 heavy (non-hydrogen) atoms. The van der Waals surface area contributed by atoms with Gasteiger partial charge in [0, 0.05) is 6.54 Å².